The number of hydrogen-bond donors (Lipinski definition) is 2. The minimum absolute atomic E-state index is 0.656. The van der Waals surface area contributed by atoms with E-state index in [1.807, 2.05) is 30.6 Å². The maximum atomic E-state index is 6.28. The Bertz CT molecular complexity index is 1200. The lowest BCUT2D eigenvalue weighted by Crippen LogP contribution is -2.22. The molecular weight excluding hydrogens is 380 g/mol. The summed E-state index contributed by atoms with van der Waals surface area (Å²) in [5.74, 6) is 0.816. The molecule has 4 nitrogen and oxygen atoms in total. The second kappa shape index (κ2) is 7.82. The van der Waals surface area contributed by atoms with Crippen molar-refractivity contribution in [2.75, 3.05) is 13.1 Å². The summed E-state index contributed by atoms with van der Waals surface area (Å²) in [6, 6.07) is 16.3. The first-order valence-electron chi connectivity index (χ1n) is 9.86. The largest absolute Gasteiger partial charge is 0.338 e. The topological polar surface area (TPSA) is 53.6 Å². The predicted octanol–water partition coefficient (Wildman–Crippen LogP) is 5.71. The first-order valence-corrected chi connectivity index (χ1v) is 10.2. The number of fused-ring (bicyclic) bond motifs is 1. The van der Waals surface area contributed by atoms with Crippen LogP contribution in [-0.4, -0.2) is 28.0 Å². The molecule has 1 aliphatic heterocycles. The molecule has 5 heteroatoms. The van der Waals surface area contributed by atoms with Gasteiger partial charge >= 0.3 is 0 Å². The Morgan fingerprint density at radius 3 is 2.59 bits per heavy atom. The van der Waals surface area contributed by atoms with Crippen molar-refractivity contribution in [2.45, 2.75) is 12.8 Å². The van der Waals surface area contributed by atoms with E-state index in [4.69, 9.17) is 16.6 Å². The summed E-state index contributed by atoms with van der Waals surface area (Å²) in [5.41, 5.74) is 7.62. The molecule has 4 aromatic rings. The van der Waals surface area contributed by atoms with Gasteiger partial charge in [0.15, 0.2) is 0 Å². The zero-order valence-electron chi connectivity index (χ0n) is 16.0. The van der Waals surface area contributed by atoms with E-state index in [-0.39, 0.29) is 0 Å². The quantitative estimate of drug-likeness (QED) is 0.463. The van der Waals surface area contributed by atoms with Gasteiger partial charge in [-0.3, -0.25) is 4.98 Å². The molecule has 0 radical (unpaired) electrons. The average molecular weight is 401 g/mol. The third-order valence-corrected chi connectivity index (χ3v) is 5.61. The summed E-state index contributed by atoms with van der Waals surface area (Å²) in [6.07, 6.45) is 8.34. The molecule has 0 amide bonds. The fourth-order valence-electron chi connectivity index (χ4n) is 3.80. The van der Waals surface area contributed by atoms with Gasteiger partial charge < -0.3 is 10.3 Å². The monoisotopic (exact) mass is 400 g/mol. The number of aromatic nitrogens is 3. The molecule has 0 bridgehead atoms. The van der Waals surface area contributed by atoms with Crippen molar-refractivity contribution in [1.82, 2.24) is 20.3 Å². The maximum absolute atomic E-state index is 6.28. The Morgan fingerprint density at radius 1 is 0.897 bits per heavy atom. The zero-order valence-corrected chi connectivity index (χ0v) is 16.7. The molecule has 0 atom stereocenters. The van der Waals surface area contributed by atoms with E-state index in [1.165, 1.54) is 5.57 Å². The van der Waals surface area contributed by atoms with E-state index >= 15 is 0 Å². The molecule has 29 heavy (non-hydrogen) atoms. The highest BCUT2D eigenvalue weighted by molar-refractivity contribution is 6.35. The average Bonchev–Trinajstić information content (AvgIpc) is 3.21. The first-order chi connectivity index (χ1) is 14.3. The van der Waals surface area contributed by atoms with Crippen molar-refractivity contribution in [3.05, 3.63) is 77.1 Å². The van der Waals surface area contributed by atoms with Gasteiger partial charge in [-0.1, -0.05) is 47.5 Å². The van der Waals surface area contributed by atoms with E-state index in [2.05, 4.69) is 51.7 Å². The van der Waals surface area contributed by atoms with Crippen molar-refractivity contribution in [3.63, 3.8) is 0 Å². The molecule has 0 spiro atoms. The van der Waals surface area contributed by atoms with Gasteiger partial charge in [0.25, 0.3) is 0 Å². The number of piperidine rings is 1. The predicted molar refractivity (Wildman–Crippen MR) is 120 cm³/mol. The van der Waals surface area contributed by atoms with Gasteiger partial charge in [-0.05, 0) is 61.3 Å². The molecule has 1 fully saturated rings. The van der Waals surface area contributed by atoms with Gasteiger partial charge in [-0.25, -0.2) is 4.98 Å². The Labute approximate surface area is 174 Å². The van der Waals surface area contributed by atoms with Crippen LogP contribution in [0.1, 0.15) is 18.4 Å². The van der Waals surface area contributed by atoms with Crippen LogP contribution < -0.4 is 5.32 Å². The number of para-hydroxylation sites is 1. The maximum Gasteiger partial charge on any atom is 0.138 e. The van der Waals surface area contributed by atoms with Crippen molar-refractivity contribution in [1.29, 1.82) is 0 Å². The minimum Gasteiger partial charge on any atom is -0.338 e. The summed E-state index contributed by atoms with van der Waals surface area (Å²) in [7, 11) is 0. The number of hydrogen-bond acceptors (Lipinski definition) is 3. The van der Waals surface area contributed by atoms with Crippen LogP contribution in [0.4, 0.5) is 0 Å². The van der Waals surface area contributed by atoms with Crippen LogP contribution in [0.3, 0.4) is 0 Å². The Kier molecular flexibility index (Phi) is 4.88. The van der Waals surface area contributed by atoms with Crippen LogP contribution >= 0.6 is 11.6 Å². The van der Waals surface area contributed by atoms with Crippen LogP contribution in [0.5, 0.6) is 0 Å². The van der Waals surface area contributed by atoms with Crippen LogP contribution in [0, 0.1) is 0 Å². The number of nitrogens with zero attached hydrogens (tertiary/aromatic N) is 2. The number of H-pyrrole nitrogens is 1. The first kappa shape index (κ1) is 18.1. The fourth-order valence-corrected chi connectivity index (χ4v) is 4.02. The third-order valence-electron chi connectivity index (χ3n) is 5.31. The standard InChI is InChI=1S/C24H21ClN4/c25-21-5-2-6-22-23(21)29-24(28-22)19-4-1-3-18(13-19)20-12-17(14-27-15-20)11-16-7-9-26-10-8-16/h1-6,11-15,26H,7-10H2,(H,28,29). The van der Waals surface area contributed by atoms with Gasteiger partial charge in [0.05, 0.1) is 10.5 Å². The lowest BCUT2D eigenvalue weighted by molar-refractivity contribution is 0.613. The summed E-state index contributed by atoms with van der Waals surface area (Å²) in [5, 5.41) is 4.06. The van der Waals surface area contributed by atoms with E-state index < -0.39 is 0 Å². The highest BCUT2D eigenvalue weighted by atomic mass is 35.5. The normalized spacial score (nSPS) is 14.3. The zero-order chi connectivity index (χ0) is 19.6. The Morgan fingerprint density at radius 2 is 1.72 bits per heavy atom. The van der Waals surface area contributed by atoms with Crippen LogP contribution in [-0.2, 0) is 0 Å². The molecule has 2 aromatic heterocycles. The van der Waals surface area contributed by atoms with Gasteiger partial charge in [0, 0.05) is 23.5 Å². The molecule has 1 saturated heterocycles. The number of rotatable bonds is 3. The molecule has 144 valence electrons. The van der Waals surface area contributed by atoms with Gasteiger partial charge in [-0.15, -0.1) is 0 Å². The second-order valence-electron chi connectivity index (χ2n) is 7.36. The van der Waals surface area contributed by atoms with Gasteiger partial charge in [0.2, 0.25) is 0 Å². The lowest BCUT2D eigenvalue weighted by atomic mass is 10.00. The number of aromatic amines is 1. The van der Waals surface area contributed by atoms with Crippen molar-refractivity contribution in [3.8, 4) is 22.5 Å². The Hall–Kier alpha value is -2.95. The summed E-state index contributed by atoms with van der Waals surface area (Å²) < 4.78 is 0. The van der Waals surface area contributed by atoms with Crippen molar-refractivity contribution in [2.24, 2.45) is 0 Å². The molecule has 0 aliphatic carbocycles. The lowest BCUT2D eigenvalue weighted by Gasteiger charge is -2.15. The summed E-state index contributed by atoms with van der Waals surface area (Å²) >= 11 is 6.28. The smallest absolute Gasteiger partial charge is 0.138 e. The van der Waals surface area contributed by atoms with Crippen molar-refractivity contribution < 1.29 is 0 Å². The molecular formula is C24H21ClN4. The highest BCUT2D eigenvalue weighted by Crippen LogP contribution is 2.29. The third kappa shape index (κ3) is 3.82. The SMILES string of the molecule is Clc1cccc2[nH]c(-c3cccc(-c4cncc(C=C5CCNCC5)c4)c3)nc12. The van der Waals surface area contributed by atoms with E-state index in [0.717, 1.165) is 65.0 Å². The van der Waals surface area contributed by atoms with Crippen LogP contribution in [0.2, 0.25) is 5.02 Å². The van der Waals surface area contributed by atoms with E-state index in [0.29, 0.717) is 5.02 Å². The van der Waals surface area contributed by atoms with Crippen LogP contribution in [0.15, 0.2) is 66.5 Å². The highest BCUT2D eigenvalue weighted by Gasteiger charge is 2.10. The fraction of sp³-hybridized carbons (Fsp3) is 0.167. The number of halogens is 1. The number of benzene rings is 2. The van der Waals surface area contributed by atoms with E-state index in [9.17, 15) is 0 Å². The molecule has 3 heterocycles. The summed E-state index contributed by atoms with van der Waals surface area (Å²) in [4.78, 5) is 12.5. The van der Waals surface area contributed by atoms with E-state index in [1.54, 1.807) is 0 Å². The number of nitrogens with one attached hydrogen (secondary N) is 2. The molecule has 5 rings (SSSR count). The van der Waals surface area contributed by atoms with Gasteiger partial charge in [-0.2, -0.15) is 0 Å². The second-order valence-corrected chi connectivity index (χ2v) is 7.77. The molecule has 2 aromatic carbocycles. The van der Waals surface area contributed by atoms with Gasteiger partial charge in [0.1, 0.15) is 11.3 Å². The van der Waals surface area contributed by atoms with Crippen LogP contribution in [0.25, 0.3) is 39.6 Å². The van der Waals surface area contributed by atoms with Crippen molar-refractivity contribution >= 4 is 28.7 Å². The molecule has 0 unspecified atom stereocenters. The summed E-state index contributed by atoms with van der Waals surface area (Å²) in [6.45, 7) is 2.12. The molecule has 0 saturated carbocycles. The number of pyridine rings is 1. The molecule has 2 N–H and O–H groups in total. The minimum atomic E-state index is 0.656. The molecule has 1 aliphatic rings. The number of imidazole rings is 1. The Balaban J connectivity index is 1.49.